The molecule has 7 nitrogen and oxygen atoms in total. The first kappa shape index (κ1) is 27.0. The zero-order chi connectivity index (χ0) is 27.8. The van der Waals surface area contributed by atoms with Gasteiger partial charge in [0.25, 0.3) is 5.91 Å². The van der Waals surface area contributed by atoms with Gasteiger partial charge in [0.05, 0.1) is 28.6 Å². The van der Waals surface area contributed by atoms with Crippen LogP contribution < -0.4 is 15.4 Å². The van der Waals surface area contributed by atoms with Crippen LogP contribution in [0.2, 0.25) is 0 Å². The minimum Gasteiger partial charge on any atom is -0.496 e. The minimum absolute atomic E-state index is 0. The molecule has 0 spiro atoms. The smallest absolute Gasteiger partial charge is 0.255 e. The molecule has 0 aliphatic carbocycles. The Hall–Kier alpha value is -3.15. The Kier molecular flexibility index (Phi) is 7.69. The van der Waals surface area contributed by atoms with Crippen molar-refractivity contribution in [1.29, 1.82) is 0 Å². The molecule has 216 valence electrons. The van der Waals surface area contributed by atoms with Gasteiger partial charge in [-0.15, -0.1) is 0 Å². The molecule has 6 rings (SSSR count). The molecular weight excluding hydrogens is 539 g/mol. The molecule has 2 aromatic carbocycles. The zero-order valence-corrected chi connectivity index (χ0v) is 23.1. The highest BCUT2D eigenvalue weighted by Gasteiger charge is 2.25. The molecule has 2 aliphatic rings. The van der Waals surface area contributed by atoms with E-state index in [1.807, 2.05) is 4.40 Å². The number of rotatable bonds is 8. The number of alkyl halides is 1. The third-order valence-electron chi connectivity index (χ3n) is 7.94. The van der Waals surface area contributed by atoms with Crippen molar-refractivity contribution in [3.05, 3.63) is 53.2 Å². The molecule has 40 heavy (non-hydrogen) atoms. The van der Waals surface area contributed by atoms with E-state index < -0.39 is 17.8 Å². The van der Waals surface area contributed by atoms with E-state index in [2.05, 4.69) is 20.5 Å². The van der Waals surface area contributed by atoms with Crippen molar-refractivity contribution in [2.75, 3.05) is 39.8 Å². The fourth-order valence-electron chi connectivity index (χ4n) is 5.71. The summed E-state index contributed by atoms with van der Waals surface area (Å²) in [6.45, 7) is 3.63. The first-order chi connectivity index (χ1) is 19.4. The second-order valence-corrected chi connectivity index (χ2v) is 11.5. The van der Waals surface area contributed by atoms with Gasteiger partial charge >= 0.3 is 0 Å². The van der Waals surface area contributed by atoms with Crippen molar-refractivity contribution in [3.8, 4) is 17.0 Å². The number of imidazole rings is 1. The van der Waals surface area contributed by atoms with Gasteiger partial charge in [-0.2, -0.15) is 0 Å². The van der Waals surface area contributed by atoms with Crippen LogP contribution in [0.25, 0.3) is 26.4 Å². The number of benzene rings is 2. The second-order valence-electron chi connectivity index (χ2n) is 10.5. The van der Waals surface area contributed by atoms with E-state index in [-0.39, 0.29) is 20.4 Å². The molecule has 0 radical (unpaired) electrons. The highest BCUT2D eigenvalue weighted by Crippen LogP contribution is 2.36. The maximum Gasteiger partial charge on any atom is 0.255 e. The van der Waals surface area contributed by atoms with Gasteiger partial charge in [0.2, 0.25) is 0 Å². The number of aromatic nitrogens is 2. The van der Waals surface area contributed by atoms with Crippen molar-refractivity contribution in [2.24, 2.45) is 0 Å². The Morgan fingerprint density at radius 3 is 2.80 bits per heavy atom. The lowest BCUT2D eigenvalue weighted by Gasteiger charge is -2.28. The molecule has 2 fully saturated rings. The predicted molar refractivity (Wildman–Crippen MR) is 154 cm³/mol. The average molecular weight is 576 g/mol. The number of nitrogens with one attached hydrogen (secondary N) is 2. The first-order valence-corrected chi connectivity index (χ1v) is 14.6. The number of thiazole rings is 1. The Balaban J connectivity index is 0.00000202. The average Bonchev–Trinajstić information content (AvgIpc) is 3.70. The van der Waals surface area contributed by atoms with E-state index in [0.717, 1.165) is 55.7 Å². The molecule has 4 heterocycles. The third kappa shape index (κ3) is 5.17. The van der Waals surface area contributed by atoms with Crippen molar-refractivity contribution in [3.63, 3.8) is 0 Å². The number of carbonyl (C=O) groups excluding carboxylic acids is 1. The number of piperidine rings is 1. The number of hydrogen-bond acceptors (Lipinski definition) is 6. The lowest BCUT2D eigenvalue weighted by Crippen LogP contribution is -2.36. The van der Waals surface area contributed by atoms with Gasteiger partial charge in [0, 0.05) is 51.9 Å². The third-order valence-corrected chi connectivity index (χ3v) is 8.96. The molecule has 1 amide bonds. The summed E-state index contributed by atoms with van der Waals surface area (Å²) in [6, 6.07) is 6.61. The quantitative estimate of drug-likeness (QED) is 0.253. The minimum atomic E-state index is -0.898. The summed E-state index contributed by atoms with van der Waals surface area (Å²) in [4.78, 5) is 20.4. The number of fused-ring (bicyclic) bond motifs is 3. The number of hydrogen-bond donors (Lipinski definition) is 2. The lowest BCUT2D eigenvalue weighted by molar-refractivity contribution is 0.0947. The Morgan fingerprint density at radius 2 is 2.05 bits per heavy atom. The largest absolute Gasteiger partial charge is 0.496 e. The van der Waals surface area contributed by atoms with Crippen LogP contribution in [-0.4, -0.2) is 66.2 Å². The Morgan fingerprint density at radius 1 is 1.23 bits per heavy atom. The maximum atomic E-state index is 15.1. The van der Waals surface area contributed by atoms with E-state index in [9.17, 15) is 13.6 Å². The van der Waals surface area contributed by atoms with Crippen molar-refractivity contribution < 1.29 is 25.6 Å². The maximum absolute atomic E-state index is 15.1. The van der Waals surface area contributed by atoms with Crippen LogP contribution in [0.3, 0.4) is 0 Å². The SMILES string of the molecule is COc1cc2c(cc1C(=O)NCCCN1CCC(F)CC1)sc1nc(-c3ccc(C4CCCN4)c(F)c3F)cn12.[HH].[HH]. The summed E-state index contributed by atoms with van der Waals surface area (Å²) in [5, 5.41) is 6.17. The number of carbonyl (C=O) groups is 1. The molecule has 1 atom stereocenters. The Labute approximate surface area is 237 Å². The fourth-order valence-corrected chi connectivity index (χ4v) is 6.74. The molecule has 2 aliphatic heterocycles. The molecule has 4 aromatic rings. The first-order valence-electron chi connectivity index (χ1n) is 13.8. The number of likely N-dealkylation sites (tertiary alicyclic amines) is 1. The van der Waals surface area contributed by atoms with Crippen LogP contribution in [0.15, 0.2) is 30.5 Å². The highest BCUT2D eigenvalue weighted by atomic mass is 32.1. The number of halogens is 3. The van der Waals surface area contributed by atoms with Crippen molar-refractivity contribution >= 4 is 32.4 Å². The molecule has 2 saturated heterocycles. The van der Waals surface area contributed by atoms with Crippen LogP contribution in [0.1, 0.15) is 56.9 Å². The number of nitrogens with zero attached hydrogens (tertiary/aromatic N) is 3. The molecule has 0 bridgehead atoms. The van der Waals surface area contributed by atoms with Crippen LogP contribution in [0, 0.1) is 11.6 Å². The van der Waals surface area contributed by atoms with Gasteiger partial charge in [-0.05, 0) is 57.3 Å². The van der Waals surface area contributed by atoms with E-state index in [0.29, 0.717) is 46.9 Å². The van der Waals surface area contributed by atoms with Gasteiger partial charge in [0.1, 0.15) is 11.9 Å². The molecule has 0 saturated carbocycles. The van der Waals surface area contributed by atoms with Gasteiger partial charge in [-0.25, -0.2) is 18.2 Å². The van der Waals surface area contributed by atoms with Gasteiger partial charge in [0.15, 0.2) is 16.6 Å². The summed E-state index contributed by atoms with van der Waals surface area (Å²) in [6.07, 6.45) is 4.64. The molecule has 2 aromatic heterocycles. The molecule has 11 heteroatoms. The van der Waals surface area contributed by atoms with Crippen LogP contribution in [0.4, 0.5) is 13.2 Å². The molecule has 1 unspecified atom stereocenters. The zero-order valence-electron chi connectivity index (χ0n) is 22.3. The van der Waals surface area contributed by atoms with Crippen LogP contribution >= 0.6 is 11.3 Å². The van der Waals surface area contributed by atoms with Crippen molar-refractivity contribution in [1.82, 2.24) is 24.9 Å². The number of methoxy groups -OCH3 is 1. The topological polar surface area (TPSA) is 70.9 Å². The predicted octanol–water partition coefficient (Wildman–Crippen LogP) is 5.97. The van der Waals surface area contributed by atoms with Crippen molar-refractivity contribution in [2.45, 2.75) is 44.3 Å². The van der Waals surface area contributed by atoms with Gasteiger partial charge in [-0.1, -0.05) is 17.4 Å². The number of amides is 1. The second kappa shape index (κ2) is 11.4. The summed E-state index contributed by atoms with van der Waals surface area (Å²) in [5.74, 6) is -1.55. The van der Waals surface area contributed by atoms with E-state index in [4.69, 9.17) is 4.74 Å². The molecule has 2 N–H and O–H groups in total. The molecular formula is C29H36F3N5O2S. The summed E-state index contributed by atoms with van der Waals surface area (Å²) in [7, 11) is 1.51. The standard InChI is InChI=1S/C29H32F3N5O2S.2H2/c1-39-24-15-23-25(14-20(24)28(38)34-10-3-11-36-12-7-17(30)8-13-36)40-29-35-22(16-37(23)29)19-6-5-18(26(31)27(19)32)21-4-2-9-33-21;;/h5-6,14-17,21,33H,2-4,7-13H2,1H3,(H,34,38);2*1H. The van der Waals surface area contributed by atoms with Gasteiger partial charge in [-0.3, -0.25) is 9.20 Å². The monoisotopic (exact) mass is 575 g/mol. The van der Waals surface area contributed by atoms with E-state index in [1.54, 1.807) is 30.5 Å². The fraction of sp³-hybridized carbons (Fsp3) is 0.448. The lowest BCUT2D eigenvalue weighted by atomic mass is 10.0. The summed E-state index contributed by atoms with van der Waals surface area (Å²) < 4.78 is 51.6. The normalized spacial score (nSPS) is 18.6. The highest BCUT2D eigenvalue weighted by molar-refractivity contribution is 7.23. The Bertz CT molecular complexity index is 1550. The summed E-state index contributed by atoms with van der Waals surface area (Å²) in [5.41, 5.74) is 1.98. The van der Waals surface area contributed by atoms with E-state index >= 15 is 4.39 Å². The number of ether oxygens (including phenoxy) is 1. The van der Waals surface area contributed by atoms with Gasteiger partial charge < -0.3 is 20.3 Å². The van der Waals surface area contributed by atoms with E-state index in [1.165, 1.54) is 18.4 Å². The summed E-state index contributed by atoms with van der Waals surface area (Å²) >= 11 is 1.36. The van der Waals surface area contributed by atoms with Crippen LogP contribution in [0.5, 0.6) is 5.75 Å². The van der Waals surface area contributed by atoms with Crippen LogP contribution in [-0.2, 0) is 0 Å².